The second-order valence-electron chi connectivity index (χ2n) is 3.38. The van der Waals surface area contributed by atoms with E-state index in [2.05, 4.69) is 13.8 Å². The van der Waals surface area contributed by atoms with Gasteiger partial charge < -0.3 is 4.43 Å². The van der Waals surface area contributed by atoms with Crippen molar-refractivity contribution in [2.24, 2.45) is 0 Å². The summed E-state index contributed by atoms with van der Waals surface area (Å²) < 4.78 is 5.42. The number of hydrogen-bond acceptors (Lipinski definition) is 2. The van der Waals surface area contributed by atoms with E-state index >= 15 is 0 Å². The maximum Gasteiger partial charge on any atom is 0.296 e. The number of hydrogen-bond donors (Lipinski definition) is 0. The molecule has 0 spiro atoms. The largest absolute Gasteiger partial charge is 0.517 e. The summed E-state index contributed by atoms with van der Waals surface area (Å²) in [6, 6.07) is 11.7. The third-order valence-electron chi connectivity index (χ3n) is 2.24. The number of benzene rings is 1. The molecule has 1 aromatic carbocycles. The first kappa shape index (κ1) is 12.0. The van der Waals surface area contributed by atoms with Gasteiger partial charge in [-0.1, -0.05) is 44.2 Å². The second-order valence-corrected chi connectivity index (χ2v) is 6.08. The molecule has 0 amide bonds. The van der Waals surface area contributed by atoms with Gasteiger partial charge in [-0.3, -0.25) is 4.79 Å². The van der Waals surface area contributed by atoms with Crippen LogP contribution in [-0.2, 0) is 15.6 Å². The highest BCUT2D eigenvalue weighted by molar-refractivity contribution is 6.53. The third kappa shape index (κ3) is 4.30. The van der Waals surface area contributed by atoms with Gasteiger partial charge in [0, 0.05) is 0 Å². The van der Waals surface area contributed by atoms with Crippen LogP contribution in [0, 0.1) is 0 Å². The summed E-state index contributed by atoms with van der Waals surface area (Å²) in [6.07, 6.45) is 0.398. The van der Waals surface area contributed by atoms with Crippen LogP contribution in [0.4, 0.5) is 0 Å². The zero-order chi connectivity index (χ0) is 11.1. The van der Waals surface area contributed by atoms with Crippen molar-refractivity contribution in [1.29, 1.82) is 0 Å². The van der Waals surface area contributed by atoms with E-state index < -0.39 is 9.04 Å². The quantitative estimate of drug-likeness (QED) is 0.715. The molecule has 1 rings (SSSR count). The van der Waals surface area contributed by atoms with Crippen molar-refractivity contribution in [3.05, 3.63) is 35.9 Å². The van der Waals surface area contributed by atoms with E-state index in [0.717, 1.165) is 17.7 Å². The Hall–Kier alpha value is -1.09. The zero-order valence-electron chi connectivity index (χ0n) is 9.32. The molecule has 0 aliphatic rings. The highest BCUT2D eigenvalue weighted by Crippen LogP contribution is 2.05. The molecule has 0 unspecified atom stereocenters. The molecule has 0 bridgehead atoms. The first-order chi connectivity index (χ1) is 7.26. The summed E-state index contributed by atoms with van der Waals surface area (Å²) in [5, 5.41) is 0. The van der Waals surface area contributed by atoms with E-state index in [9.17, 15) is 4.79 Å². The van der Waals surface area contributed by atoms with E-state index in [1.165, 1.54) is 0 Å². The third-order valence-corrected chi connectivity index (χ3v) is 4.33. The van der Waals surface area contributed by atoms with Gasteiger partial charge in [-0.15, -0.1) is 0 Å². The fraction of sp³-hybridized carbons (Fsp3) is 0.417. The van der Waals surface area contributed by atoms with Crippen LogP contribution in [-0.4, -0.2) is 15.0 Å². The molecule has 15 heavy (non-hydrogen) atoms. The Morgan fingerprint density at radius 3 is 2.33 bits per heavy atom. The molecule has 0 saturated carbocycles. The Labute approximate surface area is 93.0 Å². The highest BCUT2D eigenvalue weighted by Gasteiger charge is 2.13. The molecule has 0 fully saturated rings. The molecule has 1 radical (unpaired) electrons. The molecular weight excluding hydrogens is 204 g/mol. The average Bonchev–Trinajstić information content (AvgIpc) is 2.27. The Bertz CT molecular complexity index is 294. The molecule has 0 N–H and O–H groups in total. The van der Waals surface area contributed by atoms with Gasteiger partial charge in [0.2, 0.25) is 0 Å². The van der Waals surface area contributed by atoms with E-state index in [1.807, 2.05) is 30.3 Å². The summed E-state index contributed by atoms with van der Waals surface area (Å²) >= 11 is 0. The Kier molecular flexibility index (Phi) is 5.11. The fourth-order valence-corrected chi connectivity index (χ4v) is 2.54. The van der Waals surface area contributed by atoms with Gasteiger partial charge >= 0.3 is 0 Å². The van der Waals surface area contributed by atoms with Gasteiger partial charge in [0.15, 0.2) is 0 Å². The molecule has 0 saturated heterocycles. The van der Waals surface area contributed by atoms with Crippen LogP contribution in [0.5, 0.6) is 0 Å². The summed E-state index contributed by atoms with van der Waals surface area (Å²) in [5.41, 5.74) is 1.02. The van der Waals surface area contributed by atoms with Crippen LogP contribution in [0.2, 0.25) is 12.1 Å². The number of rotatable bonds is 5. The summed E-state index contributed by atoms with van der Waals surface area (Å²) in [4.78, 5) is 11.5. The topological polar surface area (TPSA) is 26.3 Å². The first-order valence-electron chi connectivity index (χ1n) is 5.35. The highest BCUT2D eigenvalue weighted by atomic mass is 28.3. The van der Waals surface area contributed by atoms with E-state index in [1.54, 1.807) is 0 Å². The van der Waals surface area contributed by atoms with Crippen molar-refractivity contribution in [2.75, 3.05) is 0 Å². The Balaban J connectivity index is 2.43. The molecule has 0 aromatic heterocycles. The number of carbonyl (C=O) groups is 1. The summed E-state index contributed by atoms with van der Waals surface area (Å²) in [7, 11) is -0.891. The molecule has 0 atom stereocenters. The lowest BCUT2D eigenvalue weighted by Crippen LogP contribution is -2.21. The average molecular weight is 221 g/mol. The fourth-order valence-electron chi connectivity index (χ4n) is 1.35. The zero-order valence-corrected chi connectivity index (χ0v) is 10.3. The van der Waals surface area contributed by atoms with Crippen molar-refractivity contribution in [1.82, 2.24) is 0 Å². The van der Waals surface area contributed by atoms with E-state index in [-0.39, 0.29) is 5.97 Å². The van der Waals surface area contributed by atoms with Gasteiger partial charge in [-0.25, -0.2) is 0 Å². The van der Waals surface area contributed by atoms with Gasteiger partial charge in [0.1, 0.15) is 0 Å². The lowest BCUT2D eigenvalue weighted by atomic mass is 10.2. The van der Waals surface area contributed by atoms with Crippen LogP contribution in [0.3, 0.4) is 0 Å². The van der Waals surface area contributed by atoms with Gasteiger partial charge in [-0.05, 0) is 17.7 Å². The van der Waals surface area contributed by atoms with Gasteiger partial charge in [-0.2, -0.15) is 0 Å². The van der Waals surface area contributed by atoms with Gasteiger partial charge in [0.25, 0.3) is 15.0 Å². The minimum Gasteiger partial charge on any atom is -0.517 e. The number of carbonyl (C=O) groups excluding carboxylic acids is 1. The Morgan fingerprint density at radius 1 is 1.20 bits per heavy atom. The molecule has 0 aliphatic heterocycles. The molecule has 1 aromatic rings. The molecular formula is C12H17O2Si. The first-order valence-corrected chi connectivity index (χ1v) is 7.17. The normalized spacial score (nSPS) is 10.3. The summed E-state index contributed by atoms with van der Waals surface area (Å²) in [5.74, 6) is -0.0845. The predicted octanol–water partition coefficient (Wildman–Crippen LogP) is 2.80. The minimum absolute atomic E-state index is 0.0845. The van der Waals surface area contributed by atoms with Crippen molar-refractivity contribution >= 4 is 15.0 Å². The summed E-state index contributed by atoms with van der Waals surface area (Å²) in [6.45, 7) is 4.15. The van der Waals surface area contributed by atoms with Crippen molar-refractivity contribution in [3.8, 4) is 0 Å². The lowest BCUT2D eigenvalue weighted by molar-refractivity contribution is -0.134. The smallest absolute Gasteiger partial charge is 0.296 e. The van der Waals surface area contributed by atoms with Crippen LogP contribution >= 0.6 is 0 Å². The molecule has 81 valence electrons. The van der Waals surface area contributed by atoms with Crippen molar-refractivity contribution in [3.63, 3.8) is 0 Å². The molecule has 0 heterocycles. The maximum atomic E-state index is 11.5. The van der Waals surface area contributed by atoms with Crippen LogP contribution in [0.15, 0.2) is 30.3 Å². The van der Waals surface area contributed by atoms with Crippen LogP contribution in [0.1, 0.15) is 19.4 Å². The van der Waals surface area contributed by atoms with Crippen LogP contribution in [0.25, 0.3) is 0 Å². The SMILES string of the molecule is CC[Si](CC)OC(=O)Cc1ccccc1. The maximum absolute atomic E-state index is 11.5. The second kappa shape index (κ2) is 6.40. The van der Waals surface area contributed by atoms with Crippen molar-refractivity contribution in [2.45, 2.75) is 32.4 Å². The molecule has 2 nitrogen and oxygen atoms in total. The minimum atomic E-state index is -0.891. The Morgan fingerprint density at radius 2 is 1.80 bits per heavy atom. The van der Waals surface area contributed by atoms with E-state index in [0.29, 0.717) is 6.42 Å². The molecule has 0 aliphatic carbocycles. The molecule has 3 heteroatoms. The predicted molar refractivity (Wildman–Crippen MR) is 63.0 cm³/mol. The van der Waals surface area contributed by atoms with Gasteiger partial charge in [0.05, 0.1) is 6.42 Å². The lowest BCUT2D eigenvalue weighted by Gasteiger charge is -2.11. The van der Waals surface area contributed by atoms with E-state index in [4.69, 9.17) is 4.43 Å². The standard InChI is InChI=1S/C12H17O2Si/c1-3-15(4-2)14-12(13)10-11-8-6-5-7-9-11/h5-9H,3-4,10H2,1-2H3. The van der Waals surface area contributed by atoms with Crippen molar-refractivity contribution < 1.29 is 9.22 Å². The monoisotopic (exact) mass is 221 g/mol. The van der Waals surface area contributed by atoms with Crippen LogP contribution < -0.4 is 0 Å².